The van der Waals surface area contributed by atoms with Crippen LogP contribution < -0.4 is 9.47 Å². The Bertz CT molecular complexity index is 489. The van der Waals surface area contributed by atoms with Gasteiger partial charge in [-0.25, -0.2) is 4.79 Å². The molecule has 0 spiro atoms. The average Bonchev–Trinajstić information content (AvgIpc) is 2.42. The Balaban J connectivity index is 2.80. The van der Waals surface area contributed by atoms with Crippen LogP contribution in [0.4, 0.5) is 5.69 Å². The summed E-state index contributed by atoms with van der Waals surface area (Å²) in [4.78, 5) is 21.1. The SMILES string of the molecule is CCOC(COc1ccc(OC)c([N+](=O)[O-])c1)C(=O)O. The lowest BCUT2D eigenvalue weighted by molar-refractivity contribution is -0.385. The number of nitrogens with zero attached hydrogens (tertiary/aromatic N) is 1. The Morgan fingerprint density at radius 2 is 2.20 bits per heavy atom. The smallest absolute Gasteiger partial charge is 0.336 e. The summed E-state index contributed by atoms with van der Waals surface area (Å²) in [5.41, 5.74) is -0.256. The molecule has 0 amide bonds. The van der Waals surface area contributed by atoms with Crippen LogP contribution in [0.25, 0.3) is 0 Å². The molecule has 1 N–H and O–H groups in total. The lowest BCUT2D eigenvalue weighted by Crippen LogP contribution is -2.30. The van der Waals surface area contributed by atoms with Crippen molar-refractivity contribution in [3.05, 3.63) is 28.3 Å². The molecule has 8 nitrogen and oxygen atoms in total. The van der Waals surface area contributed by atoms with E-state index in [2.05, 4.69) is 0 Å². The molecule has 0 aromatic heterocycles. The standard InChI is InChI=1S/C12H15NO7/c1-3-19-11(12(14)15)7-20-8-4-5-10(18-2)9(6-8)13(16)17/h4-6,11H,3,7H2,1-2H3,(H,14,15). The van der Waals surface area contributed by atoms with Crippen molar-refractivity contribution in [1.29, 1.82) is 0 Å². The summed E-state index contributed by atoms with van der Waals surface area (Å²) >= 11 is 0. The van der Waals surface area contributed by atoms with Crippen molar-refractivity contribution in [2.75, 3.05) is 20.3 Å². The molecular weight excluding hydrogens is 270 g/mol. The Labute approximate surface area is 115 Å². The van der Waals surface area contributed by atoms with E-state index in [1.165, 1.54) is 25.3 Å². The van der Waals surface area contributed by atoms with Crippen LogP contribution >= 0.6 is 0 Å². The minimum absolute atomic E-state index is 0.0990. The summed E-state index contributed by atoms with van der Waals surface area (Å²) in [7, 11) is 1.32. The highest BCUT2D eigenvalue weighted by atomic mass is 16.6. The van der Waals surface area contributed by atoms with E-state index in [9.17, 15) is 14.9 Å². The quantitative estimate of drug-likeness (QED) is 0.569. The Morgan fingerprint density at radius 1 is 1.50 bits per heavy atom. The van der Waals surface area contributed by atoms with Gasteiger partial charge in [-0.1, -0.05) is 0 Å². The number of methoxy groups -OCH3 is 1. The van der Waals surface area contributed by atoms with Gasteiger partial charge >= 0.3 is 11.7 Å². The van der Waals surface area contributed by atoms with Crippen LogP contribution in [-0.4, -0.2) is 42.4 Å². The number of nitro groups is 1. The van der Waals surface area contributed by atoms with Gasteiger partial charge in [-0.3, -0.25) is 10.1 Å². The van der Waals surface area contributed by atoms with Crippen LogP contribution in [0.15, 0.2) is 18.2 Å². The van der Waals surface area contributed by atoms with Crippen molar-refractivity contribution in [3.8, 4) is 11.5 Å². The molecule has 0 aliphatic carbocycles. The molecule has 110 valence electrons. The van der Waals surface area contributed by atoms with Gasteiger partial charge in [0.1, 0.15) is 12.4 Å². The first-order valence-electron chi connectivity index (χ1n) is 5.79. The largest absolute Gasteiger partial charge is 0.490 e. The number of rotatable bonds is 8. The van der Waals surface area contributed by atoms with Gasteiger partial charge in [0.15, 0.2) is 11.9 Å². The first-order chi connectivity index (χ1) is 9.49. The fourth-order valence-corrected chi connectivity index (χ4v) is 1.47. The van der Waals surface area contributed by atoms with Gasteiger partial charge in [-0.15, -0.1) is 0 Å². The summed E-state index contributed by atoms with van der Waals surface area (Å²) in [6, 6.07) is 4.00. The van der Waals surface area contributed by atoms with Crippen LogP contribution in [-0.2, 0) is 9.53 Å². The van der Waals surface area contributed by atoms with Gasteiger partial charge in [-0.05, 0) is 19.1 Å². The fourth-order valence-electron chi connectivity index (χ4n) is 1.47. The number of aliphatic carboxylic acids is 1. The zero-order valence-electron chi connectivity index (χ0n) is 11.1. The molecule has 0 aliphatic heterocycles. The second-order valence-electron chi connectivity index (χ2n) is 3.68. The number of ether oxygens (including phenoxy) is 3. The molecule has 0 aliphatic rings. The molecule has 1 aromatic rings. The highest BCUT2D eigenvalue weighted by Gasteiger charge is 2.20. The van der Waals surface area contributed by atoms with Crippen molar-refractivity contribution in [1.82, 2.24) is 0 Å². The maximum Gasteiger partial charge on any atom is 0.336 e. The number of carbonyl (C=O) groups is 1. The molecule has 0 bridgehead atoms. The lowest BCUT2D eigenvalue weighted by Gasteiger charge is -2.13. The van der Waals surface area contributed by atoms with Gasteiger partial charge < -0.3 is 19.3 Å². The predicted octanol–water partition coefficient (Wildman–Crippen LogP) is 1.47. The van der Waals surface area contributed by atoms with Gasteiger partial charge in [0.2, 0.25) is 0 Å². The molecule has 1 rings (SSSR count). The molecule has 0 saturated heterocycles. The zero-order valence-corrected chi connectivity index (χ0v) is 11.1. The summed E-state index contributed by atoms with van der Waals surface area (Å²) in [5.74, 6) is -0.889. The molecular formula is C12H15NO7. The van der Waals surface area contributed by atoms with Crippen LogP contribution in [0.2, 0.25) is 0 Å². The molecule has 8 heteroatoms. The number of carboxylic acids is 1. The summed E-state index contributed by atoms with van der Waals surface area (Å²) < 4.78 is 15.0. The highest BCUT2D eigenvalue weighted by molar-refractivity contribution is 5.72. The second-order valence-corrected chi connectivity index (χ2v) is 3.68. The summed E-state index contributed by atoms with van der Waals surface area (Å²) in [5, 5.41) is 19.7. The van der Waals surface area contributed by atoms with Crippen LogP contribution in [0.3, 0.4) is 0 Å². The van der Waals surface area contributed by atoms with Crippen molar-refractivity contribution in [2.24, 2.45) is 0 Å². The number of carboxylic acid groups (broad SMARTS) is 1. The van der Waals surface area contributed by atoms with Crippen molar-refractivity contribution in [2.45, 2.75) is 13.0 Å². The third-order valence-corrected chi connectivity index (χ3v) is 2.39. The van der Waals surface area contributed by atoms with Crippen molar-refractivity contribution in [3.63, 3.8) is 0 Å². The third kappa shape index (κ3) is 4.09. The normalized spacial score (nSPS) is 11.7. The molecule has 0 heterocycles. The Morgan fingerprint density at radius 3 is 2.70 bits per heavy atom. The number of hydrogen-bond acceptors (Lipinski definition) is 6. The monoisotopic (exact) mass is 285 g/mol. The second kappa shape index (κ2) is 7.29. The third-order valence-electron chi connectivity index (χ3n) is 2.39. The molecule has 20 heavy (non-hydrogen) atoms. The fraction of sp³-hybridized carbons (Fsp3) is 0.417. The highest BCUT2D eigenvalue weighted by Crippen LogP contribution is 2.30. The van der Waals surface area contributed by atoms with Gasteiger partial charge in [0.05, 0.1) is 18.1 Å². The topological polar surface area (TPSA) is 108 Å². The van der Waals surface area contributed by atoms with E-state index >= 15 is 0 Å². The number of hydrogen-bond donors (Lipinski definition) is 1. The van der Waals surface area contributed by atoms with Gasteiger partial charge in [-0.2, -0.15) is 0 Å². The van der Waals surface area contributed by atoms with E-state index in [1.54, 1.807) is 6.92 Å². The minimum atomic E-state index is -1.16. The van der Waals surface area contributed by atoms with Crippen LogP contribution in [0, 0.1) is 10.1 Å². The molecule has 0 saturated carbocycles. The first-order valence-corrected chi connectivity index (χ1v) is 5.79. The maximum absolute atomic E-state index is 10.9. The van der Waals surface area contributed by atoms with Crippen molar-refractivity contribution >= 4 is 11.7 Å². The Hall–Kier alpha value is -2.35. The molecule has 1 atom stereocenters. The van der Waals surface area contributed by atoms with Gasteiger partial charge in [0.25, 0.3) is 0 Å². The zero-order chi connectivity index (χ0) is 15.1. The summed E-state index contributed by atoms with van der Waals surface area (Å²) in [6.45, 7) is 1.64. The summed E-state index contributed by atoms with van der Waals surface area (Å²) in [6.07, 6.45) is -1.12. The number of nitro benzene ring substituents is 1. The molecule has 1 aromatic carbocycles. The maximum atomic E-state index is 10.9. The predicted molar refractivity (Wildman–Crippen MR) is 68.2 cm³/mol. The number of benzene rings is 1. The van der Waals surface area contributed by atoms with Crippen molar-refractivity contribution < 1.29 is 29.0 Å². The first kappa shape index (κ1) is 15.7. The van der Waals surface area contributed by atoms with E-state index in [4.69, 9.17) is 19.3 Å². The molecule has 1 unspecified atom stereocenters. The molecule has 0 radical (unpaired) electrons. The Kier molecular flexibility index (Phi) is 5.73. The molecule has 0 fully saturated rings. The van der Waals surface area contributed by atoms with E-state index in [-0.39, 0.29) is 30.4 Å². The average molecular weight is 285 g/mol. The minimum Gasteiger partial charge on any atom is -0.490 e. The lowest BCUT2D eigenvalue weighted by atomic mass is 10.3. The van der Waals surface area contributed by atoms with Crippen LogP contribution in [0.5, 0.6) is 11.5 Å². The van der Waals surface area contributed by atoms with E-state index in [0.29, 0.717) is 0 Å². The van der Waals surface area contributed by atoms with E-state index in [1.807, 2.05) is 0 Å². The van der Waals surface area contributed by atoms with E-state index < -0.39 is 17.0 Å². The van der Waals surface area contributed by atoms with Gasteiger partial charge in [0, 0.05) is 6.61 Å². The van der Waals surface area contributed by atoms with E-state index in [0.717, 1.165) is 0 Å². The van der Waals surface area contributed by atoms with Crippen LogP contribution in [0.1, 0.15) is 6.92 Å².